The van der Waals surface area contributed by atoms with Gasteiger partial charge >= 0.3 is 0 Å². The number of benzene rings is 1. The summed E-state index contributed by atoms with van der Waals surface area (Å²) in [5.41, 5.74) is 7.85. The zero-order valence-corrected chi connectivity index (χ0v) is 10.3. The first kappa shape index (κ1) is 11.3. The molecule has 16 heavy (non-hydrogen) atoms. The summed E-state index contributed by atoms with van der Waals surface area (Å²) in [5.74, 6) is 0.471. The molecule has 0 aliphatic heterocycles. The minimum Gasteiger partial charge on any atom is -0.383 e. The van der Waals surface area contributed by atoms with Crippen LogP contribution in [0.25, 0.3) is 0 Å². The van der Waals surface area contributed by atoms with Crippen LogP contribution in [0.5, 0.6) is 0 Å². The number of nitrogens with two attached hydrogens (primary N) is 1. The Labute approximate surface area is 104 Å². The van der Waals surface area contributed by atoms with E-state index in [4.69, 9.17) is 28.9 Å². The van der Waals surface area contributed by atoms with Crippen LogP contribution in [0, 0.1) is 6.92 Å². The minimum absolute atomic E-state index is 0.471. The molecule has 1 heterocycles. The van der Waals surface area contributed by atoms with Gasteiger partial charge in [0.15, 0.2) is 0 Å². The van der Waals surface area contributed by atoms with Gasteiger partial charge in [0.05, 0.1) is 12.7 Å². The number of aromatic nitrogens is 2. The van der Waals surface area contributed by atoms with E-state index < -0.39 is 0 Å². The van der Waals surface area contributed by atoms with E-state index >= 15 is 0 Å². The van der Waals surface area contributed by atoms with Gasteiger partial charge in [-0.05, 0) is 24.1 Å². The van der Waals surface area contributed by atoms with Crippen molar-refractivity contribution in [1.82, 2.24) is 9.78 Å². The molecule has 2 N–H and O–H groups in total. The normalized spacial score (nSPS) is 10.7. The lowest BCUT2D eigenvalue weighted by atomic mass is 10.1. The average Bonchev–Trinajstić information content (AvgIpc) is 2.55. The largest absolute Gasteiger partial charge is 0.383 e. The van der Waals surface area contributed by atoms with Crippen LogP contribution in [0.4, 0.5) is 5.82 Å². The Hall–Kier alpha value is -1.19. The van der Waals surface area contributed by atoms with Crippen molar-refractivity contribution in [3.63, 3.8) is 0 Å². The highest BCUT2D eigenvalue weighted by Crippen LogP contribution is 2.20. The van der Waals surface area contributed by atoms with Gasteiger partial charge in [0.2, 0.25) is 0 Å². The molecule has 0 saturated carbocycles. The lowest BCUT2D eigenvalue weighted by Gasteiger charge is -2.06. The Morgan fingerprint density at radius 2 is 2.06 bits per heavy atom. The number of hydrogen-bond donors (Lipinski definition) is 1. The first-order chi connectivity index (χ1) is 7.58. The molecule has 0 amide bonds. The first-order valence-corrected chi connectivity index (χ1v) is 5.55. The predicted octanol–water partition coefficient (Wildman–Crippen LogP) is 3.13. The van der Waals surface area contributed by atoms with Gasteiger partial charge in [-0.15, -0.1) is 0 Å². The average molecular weight is 256 g/mol. The fourth-order valence-electron chi connectivity index (χ4n) is 1.41. The molecule has 1 aromatic carbocycles. The van der Waals surface area contributed by atoms with Crippen molar-refractivity contribution in [3.8, 4) is 0 Å². The molecule has 5 heteroatoms. The van der Waals surface area contributed by atoms with Crippen molar-refractivity contribution in [1.29, 1.82) is 0 Å². The van der Waals surface area contributed by atoms with Crippen LogP contribution in [-0.2, 0) is 6.54 Å². The highest BCUT2D eigenvalue weighted by molar-refractivity contribution is 6.32. The number of halogens is 2. The second kappa shape index (κ2) is 4.36. The molecular formula is C11H11Cl2N3. The van der Waals surface area contributed by atoms with Crippen LogP contribution in [-0.4, -0.2) is 9.78 Å². The van der Waals surface area contributed by atoms with Crippen molar-refractivity contribution in [2.75, 3.05) is 5.73 Å². The highest BCUT2D eigenvalue weighted by Gasteiger charge is 2.06. The van der Waals surface area contributed by atoms with E-state index in [1.165, 1.54) is 6.20 Å². The number of rotatable bonds is 2. The van der Waals surface area contributed by atoms with Crippen molar-refractivity contribution < 1.29 is 0 Å². The van der Waals surface area contributed by atoms with Crippen molar-refractivity contribution in [3.05, 3.63) is 45.6 Å². The summed E-state index contributed by atoms with van der Waals surface area (Å²) < 4.78 is 1.64. The van der Waals surface area contributed by atoms with E-state index in [0.717, 1.165) is 16.1 Å². The summed E-state index contributed by atoms with van der Waals surface area (Å²) >= 11 is 11.9. The fraction of sp³-hybridized carbons (Fsp3) is 0.182. The van der Waals surface area contributed by atoms with Gasteiger partial charge in [0.1, 0.15) is 10.8 Å². The Balaban J connectivity index is 2.27. The molecule has 1 aromatic heterocycles. The number of nitrogens with zero attached hydrogens (tertiary/aromatic N) is 2. The Bertz CT molecular complexity index is 520. The van der Waals surface area contributed by atoms with Crippen molar-refractivity contribution >= 4 is 29.0 Å². The number of anilines is 1. The third-order valence-electron chi connectivity index (χ3n) is 2.40. The summed E-state index contributed by atoms with van der Waals surface area (Å²) in [5, 5.41) is 5.29. The lowest BCUT2D eigenvalue weighted by molar-refractivity contribution is 0.697. The molecular weight excluding hydrogens is 245 g/mol. The van der Waals surface area contributed by atoms with Gasteiger partial charge in [-0.25, -0.2) is 4.68 Å². The molecule has 0 bridgehead atoms. The summed E-state index contributed by atoms with van der Waals surface area (Å²) in [6.07, 6.45) is 1.53. The third-order valence-corrected chi connectivity index (χ3v) is 3.10. The summed E-state index contributed by atoms with van der Waals surface area (Å²) in [6.45, 7) is 2.53. The van der Waals surface area contributed by atoms with E-state index in [-0.39, 0.29) is 0 Å². The van der Waals surface area contributed by atoms with Gasteiger partial charge in [0, 0.05) is 5.02 Å². The minimum atomic E-state index is 0.471. The van der Waals surface area contributed by atoms with Gasteiger partial charge in [-0.3, -0.25) is 0 Å². The van der Waals surface area contributed by atoms with Gasteiger partial charge < -0.3 is 5.73 Å². The molecule has 0 spiro atoms. The number of aryl methyl sites for hydroxylation is 1. The zero-order chi connectivity index (χ0) is 11.7. The molecule has 2 rings (SSSR count). The predicted molar refractivity (Wildman–Crippen MR) is 66.9 cm³/mol. The molecule has 2 aromatic rings. The van der Waals surface area contributed by atoms with Crippen molar-refractivity contribution in [2.24, 2.45) is 0 Å². The van der Waals surface area contributed by atoms with Gasteiger partial charge in [-0.1, -0.05) is 35.3 Å². The third kappa shape index (κ3) is 2.15. The van der Waals surface area contributed by atoms with Crippen LogP contribution >= 0.6 is 23.2 Å². The second-order valence-electron chi connectivity index (χ2n) is 3.62. The van der Waals surface area contributed by atoms with Crippen LogP contribution in [0.2, 0.25) is 10.0 Å². The molecule has 0 unspecified atom stereocenters. The van der Waals surface area contributed by atoms with E-state index in [1.54, 1.807) is 4.68 Å². The Kier molecular flexibility index (Phi) is 3.08. The summed E-state index contributed by atoms with van der Waals surface area (Å²) in [7, 11) is 0. The fourth-order valence-corrected chi connectivity index (χ4v) is 1.75. The monoisotopic (exact) mass is 255 g/mol. The molecule has 0 aliphatic rings. The van der Waals surface area contributed by atoms with Crippen LogP contribution in [0.3, 0.4) is 0 Å². The molecule has 0 fully saturated rings. The SMILES string of the molecule is Cc1ccc(Cn2ncc(Cl)c2N)cc1Cl. The van der Waals surface area contributed by atoms with Gasteiger partial charge in [0.25, 0.3) is 0 Å². The molecule has 0 atom stereocenters. The zero-order valence-electron chi connectivity index (χ0n) is 8.74. The maximum Gasteiger partial charge on any atom is 0.140 e. The Morgan fingerprint density at radius 3 is 2.62 bits per heavy atom. The van der Waals surface area contributed by atoms with Crippen LogP contribution in [0.1, 0.15) is 11.1 Å². The highest BCUT2D eigenvalue weighted by atomic mass is 35.5. The summed E-state index contributed by atoms with van der Waals surface area (Å²) in [4.78, 5) is 0. The topological polar surface area (TPSA) is 43.8 Å². The van der Waals surface area contributed by atoms with E-state index in [0.29, 0.717) is 17.4 Å². The molecule has 0 radical (unpaired) electrons. The summed E-state index contributed by atoms with van der Waals surface area (Å²) in [6, 6.07) is 5.88. The maximum absolute atomic E-state index is 6.04. The molecule has 0 saturated heterocycles. The van der Waals surface area contributed by atoms with Crippen molar-refractivity contribution in [2.45, 2.75) is 13.5 Å². The molecule has 0 aliphatic carbocycles. The lowest BCUT2D eigenvalue weighted by Crippen LogP contribution is -2.05. The van der Waals surface area contributed by atoms with Crippen LogP contribution in [0.15, 0.2) is 24.4 Å². The molecule has 3 nitrogen and oxygen atoms in total. The van der Waals surface area contributed by atoms with E-state index in [1.807, 2.05) is 25.1 Å². The second-order valence-corrected chi connectivity index (χ2v) is 4.43. The first-order valence-electron chi connectivity index (χ1n) is 4.79. The Morgan fingerprint density at radius 1 is 1.31 bits per heavy atom. The molecule has 84 valence electrons. The number of nitrogen functional groups attached to an aromatic ring is 1. The smallest absolute Gasteiger partial charge is 0.140 e. The quantitative estimate of drug-likeness (QED) is 0.897. The van der Waals surface area contributed by atoms with E-state index in [2.05, 4.69) is 5.10 Å². The van der Waals surface area contributed by atoms with E-state index in [9.17, 15) is 0 Å². The maximum atomic E-state index is 6.04. The standard InChI is InChI=1S/C11H11Cl2N3/c1-7-2-3-8(4-9(7)12)6-16-11(14)10(13)5-15-16/h2-5H,6,14H2,1H3. The number of hydrogen-bond acceptors (Lipinski definition) is 2. The van der Waals surface area contributed by atoms with Gasteiger partial charge in [-0.2, -0.15) is 5.10 Å². The van der Waals surface area contributed by atoms with Crippen LogP contribution < -0.4 is 5.73 Å².